The number of pyridine rings is 1. The molecule has 7 heterocycles. The number of aromatic hydroxyl groups is 1. The van der Waals surface area contributed by atoms with Crippen molar-refractivity contribution >= 4 is 27.5 Å². The third kappa shape index (κ3) is 5.05. The van der Waals surface area contributed by atoms with Crippen LogP contribution in [0, 0.1) is 17.5 Å². The Morgan fingerprint density at radius 1 is 1.00 bits per heavy atom. The minimum atomic E-state index is -1.78. The first-order chi connectivity index (χ1) is 25.6. The fraction of sp³-hybridized carbons (Fsp3) is 0.410. The van der Waals surface area contributed by atoms with Crippen LogP contribution in [0.1, 0.15) is 64.0 Å². The van der Waals surface area contributed by atoms with Crippen LogP contribution in [0.5, 0.6) is 11.8 Å². The van der Waals surface area contributed by atoms with Crippen LogP contribution in [-0.2, 0) is 17.9 Å². The maximum absolute atomic E-state index is 16.9. The summed E-state index contributed by atoms with van der Waals surface area (Å²) in [4.78, 5) is 18.6. The summed E-state index contributed by atoms with van der Waals surface area (Å²) >= 11 is 0. The van der Waals surface area contributed by atoms with Crippen molar-refractivity contribution in [3.05, 3.63) is 82.8 Å². The molecule has 9 nitrogen and oxygen atoms in total. The van der Waals surface area contributed by atoms with Crippen molar-refractivity contribution in [3.8, 4) is 23.0 Å². The predicted octanol–water partition coefficient (Wildman–Crippen LogP) is 6.69. The van der Waals surface area contributed by atoms with Gasteiger partial charge in [-0.3, -0.25) is 9.88 Å². The molecule has 2 bridgehead atoms. The third-order valence-corrected chi connectivity index (χ3v) is 11.7. The zero-order chi connectivity index (χ0) is 36.2. The SMILES string of the molecule is [2H]C1([2H])OCc2cc(C3CCC4(COc5nc(N6C[C@H]7CC[C@@H](C6)N7)c6cnc(-c7cc(O)cc8ccc(F)c(F)c78)c(F)c6n5)CCCN34)ccc21. The van der Waals surface area contributed by atoms with Crippen molar-refractivity contribution in [1.29, 1.82) is 0 Å². The van der Waals surface area contributed by atoms with Crippen LogP contribution < -0.4 is 15.0 Å². The molecule has 0 aliphatic carbocycles. The Hall–Kier alpha value is -4.52. The highest BCUT2D eigenvalue weighted by Crippen LogP contribution is 2.49. The first-order valence-corrected chi connectivity index (χ1v) is 17.7. The average molecular weight is 697 g/mol. The largest absolute Gasteiger partial charge is 0.508 e. The average Bonchev–Trinajstić information content (AvgIpc) is 3.90. The van der Waals surface area contributed by atoms with Gasteiger partial charge in [0.15, 0.2) is 17.5 Å². The van der Waals surface area contributed by atoms with Gasteiger partial charge in [0.05, 0.1) is 26.8 Å². The lowest BCUT2D eigenvalue weighted by Crippen LogP contribution is -2.51. The molecule has 10 rings (SSSR count). The number of phenolic OH excluding ortho intramolecular Hbond substituents is 1. The molecule has 2 N–H and O–H groups in total. The Morgan fingerprint density at radius 2 is 1.86 bits per heavy atom. The smallest absolute Gasteiger partial charge is 0.319 e. The molecule has 12 heteroatoms. The fourth-order valence-corrected chi connectivity index (χ4v) is 9.33. The van der Waals surface area contributed by atoms with Crippen LogP contribution in [0.3, 0.4) is 0 Å². The Morgan fingerprint density at radius 3 is 2.73 bits per heavy atom. The number of phenols is 1. The van der Waals surface area contributed by atoms with Gasteiger partial charge < -0.3 is 24.8 Å². The number of fused-ring (bicyclic) bond motifs is 6. The van der Waals surface area contributed by atoms with Crippen molar-refractivity contribution < 1.29 is 30.5 Å². The van der Waals surface area contributed by atoms with E-state index in [9.17, 15) is 9.50 Å². The van der Waals surface area contributed by atoms with Crippen LogP contribution in [-0.4, -0.2) is 68.8 Å². The van der Waals surface area contributed by atoms with E-state index in [1.54, 1.807) is 0 Å². The second kappa shape index (κ2) is 11.8. The molecule has 4 saturated heterocycles. The van der Waals surface area contributed by atoms with Crippen molar-refractivity contribution in [2.45, 2.75) is 75.4 Å². The fourth-order valence-electron chi connectivity index (χ4n) is 9.33. The summed E-state index contributed by atoms with van der Waals surface area (Å²) in [6.07, 6.45) is 7.21. The normalized spacial score (nSPS) is 27.2. The minimum absolute atomic E-state index is 0.0222. The van der Waals surface area contributed by atoms with E-state index in [0.29, 0.717) is 36.5 Å². The van der Waals surface area contributed by atoms with Crippen LogP contribution in [0.15, 0.2) is 48.7 Å². The third-order valence-electron chi connectivity index (χ3n) is 11.7. The van der Waals surface area contributed by atoms with E-state index in [1.165, 1.54) is 24.4 Å². The number of benzene rings is 3. The highest BCUT2D eigenvalue weighted by Gasteiger charge is 2.50. The Bertz CT molecular complexity index is 2320. The molecule has 5 aromatic rings. The molecule has 3 aromatic carbocycles. The van der Waals surface area contributed by atoms with Gasteiger partial charge in [-0.05, 0) is 85.3 Å². The zero-order valence-corrected chi connectivity index (χ0v) is 27.8. The van der Waals surface area contributed by atoms with Gasteiger partial charge in [0.1, 0.15) is 29.4 Å². The molecule has 5 aliphatic heterocycles. The van der Waals surface area contributed by atoms with Gasteiger partial charge in [-0.25, -0.2) is 13.2 Å². The Kier molecular flexibility index (Phi) is 6.71. The molecule has 0 spiro atoms. The molecule has 2 aromatic heterocycles. The minimum Gasteiger partial charge on any atom is -0.508 e. The molecule has 4 atom stereocenters. The molecule has 262 valence electrons. The molecule has 51 heavy (non-hydrogen) atoms. The highest BCUT2D eigenvalue weighted by atomic mass is 19.2. The van der Waals surface area contributed by atoms with Crippen LogP contribution in [0.4, 0.5) is 19.0 Å². The lowest BCUT2D eigenvalue weighted by Gasteiger charge is -2.35. The summed E-state index contributed by atoms with van der Waals surface area (Å²) in [7, 11) is 0. The number of nitrogens with zero attached hydrogens (tertiary/aromatic N) is 5. The maximum atomic E-state index is 16.9. The maximum Gasteiger partial charge on any atom is 0.319 e. The summed E-state index contributed by atoms with van der Waals surface area (Å²) in [6.45, 7) is 0.973. The van der Waals surface area contributed by atoms with Crippen molar-refractivity contribution in [2.24, 2.45) is 0 Å². The molecule has 5 aliphatic rings. The lowest BCUT2D eigenvalue weighted by atomic mass is 9.95. The van der Waals surface area contributed by atoms with E-state index in [2.05, 4.69) is 31.2 Å². The first kappa shape index (κ1) is 29.1. The van der Waals surface area contributed by atoms with Crippen molar-refractivity contribution in [1.82, 2.24) is 25.2 Å². The van der Waals surface area contributed by atoms with Crippen LogP contribution in [0.2, 0.25) is 0 Å². The number of nitrogens with one attached hydrogen (secondary N) is 1. The van der Waals surface area contributed by atoms with E-state index in [0.717, 1.165) is 62.3 Å². The van der Waals surface area contributed by atoms with E-state index < -0.39 is 24.0 Å². The molecular weight excluding hydrogens is 657 g/mol. The van der Waals surface area contributed by atoms with Crippen molar-refractivity contribution in [3.63, 3.8) is 0 Å². The van der Waals surface area contributed by atoms with Gasteiger partial charge in [0.25, 0.3) is 0 Å². The number of hydrogen-bond donors (Lipinski definition) is 2. The molecule has 2 unspecified atom stereocenters. The number of aromatic nitrogens is 3. The van der Waals surface area contributed by atoms with E-state index >= 15 is 8.78 Å². The number of piperazine rings is 1. The monoisotopic (exact) mass is 696 g/mol. The number of anilines is 1. The van der Waals surface area contributed by atoms with E-state index in [1.807, 2.05) is 12.1 Å². The summed E-state index contributed by atoms with van der Waals surface area (Å²) < 4.78 is 74.8. The Balaban J connectivity index is 1.03. The van der Waals surface area contributed by atoms with E-state index in [4.69, 9.17) is 17.2 Å². The second-order valence-electron chi connectivity index (χ2n) is 14.7. The number of rotatable bonds is 6. The quantitative estimate of drug-likeness (QED) is 0.202. The second-order valence-corrected chi connectivity index (χ2v) is 14.7. The molecule has 0 saturated carbocycles. The van der Waals surface area contributed by atoms with Crippen LogP contribution in [0.25, 0.3) is 32.9 Å². The molecule has 0 radical (unpaired) electrons. The van der Waals surface area contributed by atoms with Gasteiger partial charge in [0.2, 0.25) is 0 Å². The van der Waals surface area contributed by atoms with Crippen LogP contribution >= 0.6 is 0 Å². The number of hydrogen-bond acceptors (Lipinski definition) is 9. The van der Waals surface area contributed by atoms with Gasteiger partial charge in [-0.15, -0.1) is 0 Å². The number of ether oxygens (including phenoxy) is 2. The first-order valence-electron chi connectivity index (χ1n) is 18.7. The standard InChI is InChI=1S/C39H37F3N6O3/c40-30-7-4-22-13-27(49)14-28(32(22)33(30)41)35-34(42)36-29(15-43-35)37(47-16-25-5-6-26(17-47)44-25)46-38(45-36)51-20-39-9-1-11-48(39)31(8-10-39)21-2-3-23-18-50-19-24(23)12-21/h2-4,7,12-15,25-26,31,44,49H,1,5-6,8-11,16-20H2/t25-,26+,31?,39?/i18D2. The summed E-state index contributed by atoms with van der Waals surface area (Å²) in [6, 6.07) is 11.4. The zero-order valence-electron chi connectivity index (χ0n) is 29.8. The van der Waals surface area contributed by atoms with Gasteiger partial charge >= 0.3 is 6.01 Å². The summed E-state index contributed by atoms with van der Waals surface area (Å²) in [5.41, 5.74) is 1.88. The lowest BCUT2D eigenvalue weighted by molar-refractivity contribution is 0.0845. The van der Waals surface area contributed by atoms with Gasteiger partial charge in [0, 0.05) is 48.4 Å². The molecule has 0 amide bonds. The molecule has 4 fully saturated rings. The Labute approximate surface area is 295 Å². The highest BCUT2D eigenvalue weighted by molar-refractivity contribution is 6.00. The predicted molar refractivity (Wildman–Crippen MR) is 185 cm³/mol. The number of halogens is 3. The summed E-state index contributed by atoms with van der Waals surface area (Å²) in [5, 5.41) is 14.5. The van der Waals surface area contributed by atoms with E-state index in [-0.39, 0.29) is 69.6 Å². The summed E-state index contributed by atoms with van der Waals surface area (Å²) in [5.74, 6) is -2.85. The topological polar surface area (TPSA) is 95.9 Å². The van der Waals surface area contributed by atoms with Gasteiger partial charge in [-0.1, -0.05) is 24.3 Å². The van der Waals surface area contributed by atoms with Gasteiger partial charge in [-0.2, -0.15) is 9.97 Å². The molecular formula is C39H37F3N6O3. The van der Waals surface area contributed by atoms with Crippen molar-refractivity contribution in [2.75, 3.05) is 31.1 Å².